The zero-order chi connectivity index (χ0) is 22.3. The fraction of sp³-hybridized carbons (Fsp3) is 0.458. The van der Waals surface area contributed by atoms with Gasteiger partial charge in [-0.05, 0) is 82.2 Å². The first-order valence-corrected chi connectivity index (χ1v) is 10.1. The Morgan fingerprint density at radius 1 is 1.00 bits per heavy atom. The van der Waals surface area contributed by atoms with Crippen LogP contribution in [0.5, 0.6) is 5.75 Å². The lowest BCUT2D eigenvalue weighted by Gasteiger charge is -2.42. The molecule has 0 spiro atoms. The minimum atomic E-state index is -4.80. The predicted molar refractivity (Wildman–Crippen MR) is 113 cm³/mol. The first-order chi connectivity index (χ1) is 13.9. The number of alkyl halides is 3. The summed E-state index contributed by atoms with van der Waals surface area (Å²) in [6.45, 7) is 10.8. The number of rotatable bonds is 4. The number of hydrogen-bond donors (Lipinski definition) is 1. The molecule has 1 N–H and O–H groups in total. The molecule has 0 unspecified atom stereocenters. The highest BCUT2D eigenvalue weighted by molar-refractivity contribution is 5.85. The summed E-state index contributed by atoms with van der Waals surface area (Å²) < 4.78 is 43.6. The lowest BCUT2D eigenvalue weighted by molar-refractivity contribution is -0.274. The van der Waals surface area contributed by atoms with Crippen LogP contribution in [-0.4, -0.2) is 17.8 Å². The van der Waals surface area contributed by atoms with Gasteiger partial charge in [-0.1, -0.05) is 45.8 Å². The smallest absolute Gasteiger partial charge is 0.411 e. The highest BCUT2D eigenvalue weighted by Crippen LogP contribution is 2.48. The quantitative estimate of drug-likeness (QED) is 0.330. The van der Waals surface area contributed by atoms with Gasteiger partial charge in [0, 0.05) is 5.56 Å². The van der Waals surface area contributed by atoms with Crippen LogP contribution in [0.4, 0.5) is 13.2 Å². The molecule has 1 aliphatic carbocycles. The van der Waals surface area contributed by atoms with Gasteiger partial charge in [0.05, 0.1) is 6.21 Å². The van der Waals surface area contributed by atoms with Gasteiger partial charge in [0.2, 0.25) is 0 Å². The van der Waals surface area contributed by atoms with Gasteiger partial charge in [0.15, 0.2) is 0 Å². The van der Waals surface area contributed by atoms with Crippen LogP contribution in [0.3, 0.4) is 0 Å². The molecule has 30 heavy (non-hydrogen) atoms. The molecule has 3 rings (SSSR count). The highest BCUT2D eigenvalue weighted by Gasteiger charge is 2.38. The van der Waals surface area contributed by atoms with Crippen molar-refractivity contribution in [3.05, 3.63) is 52.6 Å². The summed E-state index contributed by atoms with van der Waals surface area (Å²) >= 11 is 0. The van der Waals surface area contributed by atoms with Gasteiger partial charge in [-0.25, -0.2) is 0 Å². The van der Waals surface area contributed by atoms with Crippen LogP contribution in [0.25, 0.3) is 11.1 Å². The minimum absolute atomic E-state index is 0.00397. The maximum Gasteiger partial charge on any atom is 0.573 e. The van der Waals surface area contributed by atoms with Crippen molar-refractivity contribution in [2.45, 2.75) is 71.1 Å². The molecule has 0 fully saturated rings. The second-order valence-corrected chi connectivity index (χ2v) is 9.22. The zero-order valence-electron chi connectivity index (χ0n) is 18.0. The molecule has 2 aromatic carbocycles. The number of halogens is 3. The second-order valence-electron chi connectivity index (χ2n) is 9.22. The van der Waals surface area contributed by atoms with Crippen molar-refractivity contribution in [3.63, 3.8) is 0 Å². The first-order valence-electron chi connectivity index (χ1n) is 10.1. The van der Waals surface area contributed by atoms with Crippen molar-refractivity contribution < 1.29 is 23.1 Å². The average molecular weight is 419 g/mol. The molecule has 0 bridgehead atoms. The molecular weight excluding hydrogens is 391 g/mol. The molecule has 0 aliphatic heterocycles. The van der Waals surface area contributed by atoms with E-state index in [0.717, 1.165) is 29.5 Å². The fourth-order valence-corrected chi connectivity index (χ4v) is 4.32. The second kappa shape index (κ2) is 7.64. The number of oxime groups is 1. The molecule has 0 radical (unpaired) electrons. The molecule has 0 saturated heterocycles. The third-order valence-corrected chi connectivity index (χ3v) is 6.18. The lowest BCUT2D eigenvalue weighted by Crippen LogP contribution is -2.34. The Kier molecular flexibility index (Phi) is 5.65. The highest BCUT2D eigenvalue weighted by atomic mass is 19.4. The van der Waals surface area contributed by atoms with Crippen molar-refractivity contribution in [1.82, 2.24) is 0 Å². The number of fused-ring (bicyclic) bond motifs is 1. The van der Waals surface area contributed by atoms with Crippen molar-refractivity contribution in [1.29, 1.82) is 0 Å². The van der Waals surface area contributed by atoms with E-state index in [1.54, 1.807) is 6.07 Å². The van der Waals surface area contributed by atoms with Crippen LogP contribution in [0.2, 0.25) is 0 Å². The van der Waals surface area contributed by atoms with Crippen LogP contribution in [-0.2, 0) is 17.3 Å². The van der Waals surface area contributed by atoms with Gasteiger partial charge in [-0.3, -0.25) is 0 Å². The summed E-state index contributed by atoms with van der Waals surface area (Å²) in [7, 11) is 0. The molecule has 162 valence electrons. The number of nitrogens with zero attached hydrogens (tertiary/aromatic N) is 1. The van der Waals surface area contributed by atoms with Gasteiger partial charge in [0.25, 0.3) is 0 Å². The van der Waals surface area contributed by atoms with E-state index in [9.17, 15) is 13.2 Å². The predicted octanol–water partition coefficient (Wildman–Crippen LogP) is 6.97. The van der Waals surface area contributed by atoms with E-state index in [2.05, 4.69) is 43.7 Å². The van der Waals surface area contributed by atoms with Crippen molar-refractivity contribution >= 4 is 6.21 Å². The summed E-state index contributed by atoms with van der Waals surface area (Å²) in [6.07, 6.45) is -0.883. The Labute approximate surface area is 175 Å². The van der Waals surface area contributed by atoms with Crippen LogP contribution < -0.4 is 4.74 Å². The van der Waals surface area contributed by atoms with Gasteiger partial charge >= 0.3 is 6.36 Å². The zero-order valence-corrected chi connectivity index (χ0v) is 18.0. The van der Waals surface area contributed by atoms with Crippen LogP contribution in [0, 0.1) is 0 Å². The third kappa shape index (κ3) is 4.32. The number of hydrogen-bond acceptors (Lipinski definition) is 3. The molecule has 0 atom stereocenters. The summed E-state index contributed by atoms with van der Waals surface area (Å²) in [5.41, 5.74) is 4.84. The maximum atomic E-state index is 13.1. The van der Waals surface area contributed by atoms with Gasteiger partial charge in [0.1, 0.15) is 5.75 Å². The molecule has 2 aromatic rings. The average Bonchev–Trinajstić information content (AvgIpc) is 2.65. The fourth-order valence-electron chi connectivity index (χ4n) is 4.32. The summed E-state index contributed by atoms with van der Waals surface area (Å²) in [5, 5.41) is 11.9. The van der Waals surface area contributed by atoms with Gasteiger partial charge in [-0.2, -0.15) is 0 Å². The minimum Gasteiger partial charge on any atom is -0.411 e. The normalized spacial score (nSPS) is 17.7. The third-order valence-electron chi connectivity index (χ3n) is 6.18. The van der Waals surface area contributed by atoms with Crippen molar-refractivity contribution in [3.8, 4) is 16.9 Å². The summed E-state index contributed by atoms with van der Waals surface area (Å²) in [4.78, 5) is 0. The molecular formula is C24H28F3NO2. The van der Waals surface area contributed by atoms with Gasteiger partial charge in [-0.15, -0.1) is 13.2 Å². The van der Waals surface area contributed by atoms with E-state index < -0.39 is 6.36 Å². The largest absolute Gasteiger partial charge is 0.573 e. The Morgan fingerprint density at radius 3 is 2.13 bits per heavy atom. The van der Waals surface area contributed by atoms with Crippen LogP contribution in [0.15, 0.2) is 35.5 Å². The Hall–Kier alpha value is -2.50. The van der Waals surface area contributed by atoms with Crippen LogP contribution >= 0.6 is 0 Å². The summed E-state index contributed by atoms with van der Waals surface area (Å²) in [6, 6.07) is 8.46. The number of aryl methyl sites for hydroxylation is 1. The van der Waals surface area contributed by atoms with Crippen molar-refractivity contribution in [2.75, 3.05) is 0 Å². The maximum absolute atomic E-state index is 13.1. The van der Waals surface area contributed by atoms with Crippen LogP contribution in [0.1, 0.15) is 69.7 Å². The molecule has 1 aliphatic rings. The standard InChI is InChI=1S/C24H28F3NO2/c1-6-16-12-19-20(23(4,5)10-9-22(19,2)3)13-17(16)18-11-15(14-28-29)7-8-21(18)30-24(25,26)27/h7-8,11-14,29H,6,9-10H2,1-5H3/b28-14+. The SMILES string of the molecule is CCc1cc2c(cc1-c1cc(/C=N/O)ccc1OC(F)(F)F)C(C)(C)CCC2(C)C. The molecule has 0 aromatic heterocycles. The Bertz CT molecular complexity index is 975. The van der Waals surface area contributed by atoms with E-state index in [1.807, 2.05) is 13.0 Å². The van der Waals surface area contributed by atoms with Gasteiger partial charge < -0.3 is 9.94 Å². The van der Waals surface area contributed by atoms with E-state index >= 15 is 0 Å². The van der Waals surface area contributed by atoms with Crippen molar-refractivity contribution in [2.24, 2.45) is 5.16 Å². The molecule has 0 saturated carbocycles. The summed E-state index contributed by atoms with van der Waals surface area (Å²) in [5.74, 6) is -0.264. The number of ether oxygens (including phenoxy) is 1. The van der Waals surface area contributed by atoms with E-state index in [-0.39, 0.29) is 16.6 Å². The number of benzene rings is 2. The Balaban J connectivity index is 2.31. The topological polar surface area (TPSA) is 41.8 Å². The first kappa shape index (κ1) is 22.2. The molecule has 6 heteroatoms. The molecule has 3 nitrogen and oxygen atoms in total. The monoisotopic (exact) mass is 419 g/mol. The van der Waals surface area contributed by atoms with E-state index in [4.69, 9.17) is 5.21 Å². The Morgan fingerprint density at radius 2 is 1.60 bits per heavy atom. The van der Waals surface area contributed by atoms with E-state index in [0.29, 0.717) is 17.5 Å². The molecule has 0 heterocycles. The van der Waals surface area contributed by atoms with E-state index in [1.165, 1.54) is 23.9 Å². The lowest BCUT2D eigenvalue weighted by atomic mass is 9.62. The molecule has 0 amide bonds.